The molecule has 0 spiro atoms. The Bertz CT molecular complexity index is 992. The first-order chi connectivity index (χ1) is 13.6. The van der Waals surface area contributed by atoms with E-state index in [2.05, 4.69) is 4.98 Å². The van der Waals surface area contributed by atoms with Crippen LogP contribution >= 0.6 is 0 Å². The number of nitrogens with zero attached hydrogens (tertiary/aromatic N) is 2. The van der Waals surface area contributed by atoms with E-state index in [1.807, 2.05) is 24.3 Å². The molecule has 3 rings (SSSR count). The van der Waals surface area contributed by atoms with Gasteiger partial charge in [0.1, 0.15) is 35.2 Å². The van der Waals surface area contributed by atoms with E-state index in [9.17, 15) is 19.2 Å². The number of fused-ring (bicyclic) bond motifs is 1. The van der Waals surface area contributed by atoms with Crippen LogP contribution in [0.3, 0.4) is 0 Å². The number of aromatic nitrogens is 2. The van der Waals surface area contributed by atoms with Crippen LogP contribution in [0.4, 0.5) is 0 Å². The van der Waals surface area contributed by atoms with Crippen LogP contribution in [-0.4, -0.2) is 38.8 Å². The minimum absolute atomic E-state index is 0.000822. The molecule has 7 nitrogen and oxygen atoms in total. The first-order valence-corrected chi connectivity index (χ1v) is 9.73. The van der Waals surface area contributed by atoms with Gasteiger partial charge in [-0.3, -0.25) is 19.2 Å². The normalized spacial score (nSPS) is 27.0. The molecule has 29 heavy (non-hydrogen) atoms. The molecule has 0 N–H and O–H groups in total. The Morgan fingerprint density at radius 1 is 0.931 bits per heavy atom. The van der Waals surface area contributed by atoms with E-state index in [0.717, 1.165) is 11.0 Å². The van der Waals surface area contributed by atoms with E-state index in [0.29, 0.717) is 5.82 Å². The van der Waals surface area contributed by atoms with Crippen LogP contribution in [-0.2, 0) is 23.9 Å². The van der Waals surface area contributed by atoms with Crippen molar-refractivity contribution in [3.8, 4) is 0 Å². The number of ketones is 4. The Balaban J connectivity index is 2.22. The third-order valence-electron chi connectivity index (χ3n) is 5.72. The number of carbonyl (C=O) groups excluding carboxylic acids is 4. The molecule has 1 aliphatic heterocycles. The van der Waals surface area contributed by atoms with Gasteiger partial charge in [0.25, 0.3) is 0 Å². The third kappa shape index (κ3) is 3.79. The summed E-state index contributed by atoms with van der Waals surface area (Å²) in [5.74, 6) is -2.79. The largest absolute Gasteiger partial charge is 0.353 e. The molecule has 1 saturated heterocycles. The molecule has 1 aliphatic rings. The number of para-hydroxylation sites is 2. The highest BCUT2D eigenvalue weighted by Crippen LogP contribution is 2.44. The zero-order chi connectivity index (χ0) is 21.5. The molecular formula is C22H26N2O5. The van der Waals surface area contributed by atoms with Crippen LogP contribution in [0.1, 0.15) is 46.2 Å². The van der Waals surface area contributed by atoms with E-state index in [1.54, 1.807) is 11.5 Å². The maximum Gasteiger partial charge on any atom is 0.146 e. The first-order valence-electron chi connectivity index (χ1n) is 9.73. The smallest absolute Gasteiger partial charge is 0.146 e. The molecule has 5 atom stereocenters. The standard InChI is InChI=1S/C22H26N2O5/c1-11(25)10-18-19(12(2)26)20(13(3)27)21(14(4)28)22(29-18)24-15(5)23-16-8-6-7-9-17(16)24/h6-9,18-22H,10H2,1-5H3. The Morgan fingerprint density at radius 2 is 1.52 bits per heavy atom. The van der Waals surface area contributed by atoms with Crippen molar-refractivity contribution in [2.75, 3.05) is 0 Å². The van der Waals surface area contributed by atoms with Gasteiger partial charge in [0, 0.05) is 12.3 Å². The van der Waals surface area contributed by atoms with E-state index in [-0.39, 0.29) is 29.6 Å². The van der Waals surface area contributed by atoms with Crippen LogP contribution < -0.4 is 0 Å². The van der Waals surface area contributed by atoms with Crippen molar-refractivity contribution in [2.45, 2.75) is 53.4 Å². The molecule has 0 amide bonds. The predicted molar refractivity (Wildman–Crippen MR) is 106 cm³/mol. The van der Waals surface area contributed by atoms with Crippen LogP contribution in [0.2, 0.25) is 0 Å². The highest BCUT2D eigenvalue weighted by atomic mass is 16.5. The quantitative estimate of drug-likeness (QED) is 0.742. The van der Waals surface area contributed by atoms with Gasteiger partial charge in [-0.05, 0) is 46.8 Å². The van der Waals surface area contributed by atoms with Crippen molar-refractivity contribution in [3.05, 3.63) is 30.1 Å². The lowest BCUT2D eigenvalue weighted by Gasteiger charge is -2.45. The molecule has 0 bridgehead atoms. The number of Topliss-reactive ketones (excluding diaryl/α,β-unsaturated/α-hetero) is 4. The van der Waals surface area contributed by atoms with Crippen molar-refractivity contribution >= 4 is 34.2 Å². The Hall–Kier alpha value is -2.67. The summed E-state index contributed by atoms with van der Waals surface area (Å²) >= 11 is 0. The van der Waals surface area contributed by atoms with E-state index in [1.165, 1.54) is 27.7 Å². The predicted octanol–water partition coefficient (Wildman–Crippen LogP) is 2.84. The van der Waals surface area contributed by atoms with Crippen LogP contribution in [0, 0.1) is 24.7 Å². The van der Waals surface area contributed by atoms with Gasteiger partial charge in [0.2, 0.25) is 0 Å². The average Bonchev–Trinajstić information content (AvgIpc) is 2.94. The molecule has 1 fully saturated rings. The lowest BCUT2D eigenvalue weighted by Crippen LogP contribution is -2.53. The summed E-state index contributed by atoms with van der Waals surface area (Å²) in [7, 11) is 0. The molecule has 0 saturated carbocycles. The number of rotatable bonds is 6. The Kier molecular flexibility index (Phi) is 5.80. The van der Waals surface area contributed by atoms with Gasteiger partial charge >= 0.3 is 0 Å². The SMILES string of the molecule is CC(=O)CC1OC(n2c(C)nc3ccccc32)C(C(C)=O)C(C(C)=O)C1C(C)=O. The maximum absolute atomic E-state index is 12.7. The zero-order valence-electron chi connectivity index (χ0n) is 17.3. The summed E-state index contributed by atoms with van der Waals surface area (Å²) in [6, 6.07) is 7.46. The van der Waals surface area contributed by atoms with E-state index >= 15 is 0 Å². The number of hydrogen-bond donors (Lipinski definition) is 0. The summed E-state index contributed by atoms with van der Waals surface area (Å²) in [4.78, 5) is 54.3. The van der Waals surface area contributed by atoms with Gasteiger partial charge in [-0.25, -0.2) is 4.98 Å². The first kappa shape index (κ1) is 21.0. The Morgan fingerprint density at radius 3 is 2.07 bits per heavy atom. The van der Waals surface area contributed by atoms with E-state index in [4.69, 9.17) is 4.74 Å². The van der Waals surface area contributed by atoms with Crippen molar-refractivity contribution in [3.63, 3.8) is 0 Å². The number of aryl methyl sites for hydroxylation is 1. The summed E-state index contributed by atoms with van der Waals surface area (Å²) in [5, 5.41) is 0. The minimum atomic E-state index is -0.853. The van der Waals surface area contributed by atoms with Crippen LogP contribution in [0.15, 0.2) is 24.3 Å². The second kappa shape index (κ2) is 7.99. The van der Waals surface area contributed by atoms with Gasteiger partial charge in [-0.1, -0.05) is 12.1 Å². The second-order valence-corrected chi connectivity index (χ2v) is 7.90. The minimum Gasteiger partial charge on any atom is -0.353 e. The Labute approximate surface area is 169 Å². The fourth-order valence-electron chi connectivity index (χ4n) is 4.62. The van der Waals surface area contributed by atoms with Crippen molar-refractivity contribution in [1.29, 1.82) is 0 Å². The zero-order valence-corrected chi connectivity index (χ0v) is 17.3. The second-order valence-electron chi connectivity index (χ2n) is 7.90. The molecule has 5 unspecified atom stereocenters. The van der Waals surface area contributed by atoms with Crippen molar-refractivity contribution in [1.82, 2.24) is 9.55 Å². The lowest BCUT2D eigenvalue weighted by atomic mass is 9.69. The number of ether oxygens (including phenoxy) is 1. The summed E-state index contributed by atoms with van der Waals surface area (Å²) in [6.45, 7) is 7.41. The molecule has 1 aromatic carbocycles. The highest BCUT2D eigenvalue weighted by molar-refractivity contribution is 5.94. The highest BCUT2D eigenvalue weighted by Gasteiger charge is 2.52. The number of carbonyl (C=O) groups is 4. The van der Waals surface area contributed by atoms with Crippen LogP contribution in [0.25, 0.3) is 11.0 Å². The lowest BCUT2D eigenvalue weighted by molar-refractivity contribution is -0.189. The molecule has 154 valence electrons. The monoisotopic (exact) mass is 398 g/mol. The molecule has 2 aromatic rings. The summed E-state index contributed by atoms with van der Waals surface area (Å²) in [5.41, 5.74) is 1.51. The number of benzene rings is 1. The van der Waals surface area contributed by atoms with Crippen molar-refractivity contribution < 1.29 is 23.9 Å². The van der Waals surface area contributed by atoms with Gasteiger partial charge in [0.15, 0.2) is 0 Å². The molecule has 0 radical (unpaired) electrons. The maximum atomic E-state index is 12.7. The van der Waals surface area contributed by atoms with Gasteiger partial charge < -0.3 is 9.30 Å². The number of imidazole rings is 1. The molecule has 2 heterocycles. The molecule has 1 aromatic heterocycles. The van der Waals surface area contributed by atoms with Gasteiger partial charge in [-0.2, -0.15) is 0 Å². The summed E-state index contributed by atoms with van der Waals surface area (Å²) < 4.78 is 8.07. The fourth-order valence-corrected chi connectivity index (χ4v) is 4.62. The van der Waals surface area contributed by atoms with Crippen LogP contribution in [0.5, 0.6) is 0 Å². The average molecular weight is 398 g/mol. The molecule has 0 aliphatic carbocycles. The molecular weight excluding hydrogens is 372 g/mol. The van der Waals surface area contributed by atoms with Gasteiger partial charge in [0.05, 0.1) is 29.0 Å². The molecule has 7 heteroatoms. The third-order valence-corrected chi connectivity index (χ3v) is 5.72. The topological polar surface area (TPSA) is 95.3 Å². The number of hydrogen-bond acceptors (Lipinski definition) is 6. The fraction of sp³-hybridized carbons (Fsp3) is 0.500. The van der Waals surface area contributed by atoms with Crippen molar-refractivity contribution in [2.24, 2.45) is 17.8 Å². The summed E-state index contributed by atoms with van der Waals surface area (Å²) in [6.07, 6.45) is -1.60. The van der Waals surface area contributed by atoms with Gasteiger partial charge in [-0.15, -0.1) is 0 Å². The van der Waals surface area contributed by atoms with E-state index < -0.39 is 30.1 Å².